The smallest absolute Gasteiger partial charge is 0.306 e. The molecule has 76 heavy (non-hydrogen) atoms. The van der Waals surface area contributed by atoms with E-state index in [1.165, 1.54) is 57.8 Å². The highest BCUT2D eigenvalue weighted by atomic mass is 16.6. The Morgan fingerprint density at radius 1 is 0.276 bits per heavy atom. The average molecular weight is 1050 g/mol. The second-order valence-corrected chi connectivity index (χ2v) is 19.5. The monoisotopic (exact) mass is 1050 g/mol. The molecule has 0 aromatic heterocycles. The van der Waals surface area contributed by atoms with E-state index in [4.69, 9.17) is 14.2 Å². The number of allylic oxidation sites excluding steroid dienone is 26. The predicted molar refractivity (Wildman–Crippen MR) is 329 cm³/mol. The number of carbonyl (C=O) groups excluding carboxylic acids is 3. The molecule has 0 aromatic rings. The molecule has 0 bridgehead atoms. The topological polar surface area (TPSA) is 78.9 Å². The third-order valence-electron chi connectivity index (χ3n) is 12.3. The molecule has 0 aliphatic rings. The second-order valence-electron chi connectivity index (χ2n) is 19.5. The van der Waals surface area contributed by atoms with E-state index in [1.54, 1.807) is 0 Å². The fourth-order valence-electron chi connectivity index (χ4n) is 7.78. The van der Waals surface area contributed by atoms with Gasteiger partial charge in [0.05, 0.1) is 0 Å². The summed E-state index contributed by atoms with van der Waals surface area (Å²) in [4.78, 5) is 38.1. The number of hydrogen-bond acceptors (Lipinski definition) is 6. The Morgan fingerprint density at radius 3 is 0.829 bits per heavy atom. The van der Waals surface area contributed by atoms with Gasteiger partial charge in [0, 0.05) is 19.3 Å². The van der Waals surface area contributed by atoms with E-state index in [0.29, 0.717) is 19.3 Å². The molecule has 6 nitrogen and oxygen atoms in total. The number of ether oxygens (including phenoxy) is 3. The lowest BCUT2D eigenvalue weighted by atomic mass is 10.1. The van der Waals surface area contributed by atoms with Gasteiger partial charge in [0.25, 0.3) is 0 Å². The first-order valence-corrected chi connectivity index (χ1v) is 30.5. The van der Waals surface area contributed by atoms with Gasteiger partial charge in [-0.3, -0.25) is 14.4 Å². The largest absolute Gasteiger partial charge is 0.462 e. The van der Waals surface area contributed by atoms with Crippen molar-refractivity contribution in [3.05, 3.63) is 158 Å². The van der Waals surface area contributed by atoms with E-state index >= 15 is 0 Å². The Bertz CT molecular complexity index is 1720. The zero-order chi connectivity index (χ0) is 55.0. The van der Waals surface area contributed by atoms with Crippen molar-refractivity contribution in [1.29, 1.82) is 0 Å². The van der Waals surface area contributed by atoms with Gasteiger partial charge in [-0.1, -0.05) is 256 Å². The highest BCUT2D eigenvalue weighted by Gasteiger charge is 2.19. The van der Waals surface area contributed by atoms with E-state index < -0.39 is 6.10 Å². The van der Waals surface area contributed by atoms with Crippen molar-refractivity contribution < 1.29 is 28.6 Å². The van der Waals surface area contributed by atoms with Crippen molar-refractivity contribution in [2.75, 3.05) is 13.2 Å². The molecule has 0 rings (SSSR count). The van der Waals surface area contributed by atoms with Crippen LogP contribution in [0.5, 0.6) is 0 Å². The Kier molecular flexibility index (Phi) is 58.5. The Hall–Kier alpha value is -4.97. The highest BCUT2D eigenvalue weighted by Crippen LogP contribution is 2.13. The SMILES string of the molecule is CC/C=C\C/C=C\C/C=C\C/C=C\C/C=C\C/C=C\C/C=C\CCCCCCCCCC(=O)OCC(COC(=O)CCCCCCCCCC)OC(=O)CCCC/C=C\C/C=C\C/C=C\C/C=C\C/C=C\C/C=C\CC. The number of hydrogen-bond donors (Lipinski definition) is 0. The second kappa shape index (κ2) is 62.6. The normalized spacial score (nSPS) is 13.2. The lowest BCUT2D eigenvalue weighted by molar-refractivity contribution is -0.167. The molecule has 0 N–H and O–H groups in total. The summed E-state index contributed by atoms with van der Waals surface area (Å²) >= 11 is 0. The maximum absolute atomic E-state index is 12.8. The molecule has 0 saturated heterocycles. The number of esters is 3. The van der Waals surface area contributed by atoms with Crippen LogP contribution in [0.25, 0.3) is 0 Å². The highest BCUT2D eigenvalue weighted by molar-refractivity contribution is 5.71. The first kappa shape index (κ1) is 71.0. The molecular formula is C70H110O6. The maximum atomic E-state index is 12.8. The van der Waals surface area contributed by atoms with Crippen molar-refractivity contribution in [3.8, 4) is 0 Å². The first-order chi connectivity index (χ1) is 37.5. The molecule has 426 valence electrons. The van der Waals surface area contributed by atoms with Gasteiger partial charge in [0.1, 0.15) is 13.2 Å². The molecule has 0 heterocycles. The van der Waals surface area contributed by atoms with Crippen molar-refractivity contribution in [1.82, 2.24) is 0 Å². The predicted octanol–water partition coefficient (Wildman–Crippen LogP) is 20.9. The molecule has 0 amide bonds. The molecule has 1 atom stereocenters. The van der Waals surface area contributed by atoms with Crippen LogP contribution in [-0.2, 0) is 28.6 Å². The van der Waals surface area contributed by atoms with Crippen molar-refractivity contribution in [2.45, 2.75) is 252 Å². The summed E-state index contributed by atoms with van der Waals surface area (Å²) in [5.74, 6) is -0.971. The van der Waals surface area contributed by atoms with Crippen LogP contribution in [0.4, 0.5) is 0 Å². The van der Waals surface area contributed by atoms with Crippen LogP contribution in [0.15, 0.2) is 158 Å². The number of rotatable bonds is 53. The standard InChI is InChI=1S/C70H110O6/c1-4-7-10-13-16-19-21-23-25-27-29-31-32-33-34-35-36-37-38-40-41-43-45-47-49-51-54-57-60-63-69(72)75-66-67(65-74-68(71)62-59-56-53-18-15-12-9-6-3)76-70(73)64-61-58-55-52-50-48-46-44-42-39-30-28-26-24-22-20-17-14-11-8-5-2/h7-8,10-11,16-17,19-20,23-26,29-31,33-34,36-37,39-41,44,46,50,52,67H,4-6,9,12-15,18,21-22,27-28,32,35,38,42-43,45,47-49,51,53-66H2,1-3H3/b10-7-,11-8-,19-16-,20-17-,25-23-,26-24-,31-29-,34-33-,37-36-,39-30-,41-40-,46-44-,52-50-. The van der Waals surface area contributed by atoms with Gasteiger partial charge in [0.15, 0.2) is 6.10 Å². The molecular weight excluding hydrogens is 937 g/mol. The summed E-state index contributed by atoms with van der Waals surface area (Å²) in [5, 5.41) is 0. The minimum atomic E-state index is -0.811. The van der Waals surface area contributed by atoms with E-state index in [0.717, 1.165) is 141 Å². The van der Waals surface area contributed by atoms with E-state index in [-0.39, 0.29) is 37.5 Å². The Labute approximate surface area is 467 Å². The molecule has 0 radical (unpaired) electrons. The van der Waals surface area contributed by atoms with Gasteiger partial charge in [-0.2, -0.15) is 0 Å². The third-order valence-corrected chi connectivity index (χ3v) is 12.3. The fourth-order valence-corrected chi connectivity index (χ4v) is 7.78. The van der Waals surface area contributed by atoms with E-state index in [1.807, 2.05) is 0 Å². The van der Waals surface area contributed by atoms with Gasteiger partial charge < -0.3 is 14.2 Å². The fraction of sp³-hybridized carbons (Fsp3) is 0.586. The summed E-state index contributed by atoms with van der Waals surface area (Å²) in [6, 6.07) is 0. The van der Waals surface area contributed by atoms with Crippen LogP contribution in [-0.4, -0.2) is 37.2 Å². The molecule has 0 aliphatic heterocycles. The summed E-state index contributed by atoms with van der Waals surface area (Å²) < 4.78 is 16.8. The first-order valence-electron chi connectivity index (χ1n) is 30.5. The van der Waals surface area contributed by atoms with Crippen LogP contribution in [0, 0.1) is 0 Å². The van der Waals surface area contributed by atoms with Gasteiger partial charge in [-0.25, -0.2) is 0 Å². The number of carbonyl (C=O) groups is 3. The lowest BCUT2D eigenvalue weighted by Crippen LogP contribution is -2.30. The average Bonchev–Trinajstić information content (AvgIpc) is 3.42. The van der Waals surface area contributed by atoms with E-state index in [2.05, 4.69) is 179 Å². The Balaban J connectivity index is 4.33. The zero-order valence-corrected chi connectivity index (χ0v) is 48.7. The van der Waals surface area contributed by atoms with Crippen LogP contribution in [0.2, 0.25) is 0 Å². The molecule has 0 spiro atoms. The van der Waals surface area contributed by atoms with Crippen LogP contribution in [0.1, 0.15) is 245 Å². The molecule has 0 aromatic carbocycles. The van der Waals surface area contributed by atoms with Crippen LogP contribution >= 0.6 is 0 Å². The summed E-state index contributed by atoms with van der Waals surface area (Å²) in [7, 11) is 0. The maximum Gasteiger partial charge on any atom is 0.306 e. The third kappa shape index (κ3) is 59.9. The molecule has 0 saturated carbocycles. The van der Waals surface area contributed by atoms with Crippen LogP contribution in [0.3, 0.4) is 0 Å². The molecule has 1 unspecified atom stereocenters. The van der Waals surface area contributed by atoms with Crippen molar-refractivity contribution in [2.24, 2.45) is 0 Å². The quantitative estimate of drug-likeness (QED) is 0.0261. The van der Waals surface area contributed by atoms with Gasteiger partial charge in [0.2, 0.25) is 0 Å². The molecule has 6 heteroatoms. The number of unbranched alkanes of at least 4 members (excludes halogenated alkanes) is 16. The minimum Gasteiger partial charge on any atom is -0.462 e. The van der Waals surface area contributed by atoms with Gasteiger partial charge in [-0.05, 0) is 128 Å². The van der Waals surface area contributed by atoms with Gasteiger partial charge in [-0.15, -0.1) is 0 Å². The van der Waals surface area contributed by atoms with Crippen molar-refractivity contribution >= 4 is 17.9 Å². The summed E-state index contributed by atoms with van der Waals surface area (Å²) in [6.07, 6.45) is 91.1. The zero-order valence-electron chi connectivity index (χ0n) is 48.7. The summed E-state index contributed by atoms with van der Waals surface area (Å²) in [6.45, 7) is 6.32. The summed E-state index contributed by atoms with van der Waals surface area (Å²) in [5.41, 5.74) is 0. The lowest BCUT2D eigenvalue weighted by Gasteiger charge is -2.18. The molecule has 0 fully saturated rings. The van der Waals surface area contributed by atoms with Gasteiger partial charge >= 0.3 is 17.9 Å². The Morgan fingerprint density at radius 2 is 0.513 bits per heavy atom. The van der Waals surface area contributed by atoms with E-state index in [9.17, 15) is 14.4 Å². The minimum absolute atomic E-state index is 0.104. The van der Waals surface area contributed by atoms with Crippen LogP contribution < -0.4 is 0 Å². The molecule has 0 aliphatic carbocycles. The van der Waals surface area contributed by atoms with Crippen molar-refractivity contribution in [3.63, 3.8) is 0 Å².